The number of nitrogens with zero attached hydrogens (tertiary/aromatic N) is 2. The van der Waals surface area contributed by atoms with Crippen molar-refractivity contribution in [2.24, 2.45) is 12.8 Å². The summed E-state index contributed by atoms with van der Waals surface area (Å²) in [5.41, 5.74) is 8.54. The summed E-state index contributed by atoms with van der Waals surface area (Å²) in [5, 5.41) is 0. The summed E-state index contributed by atoms with van der Waals surface area (Å²) in [7, 11) is 1.93. The van der Waals surface area contributed by atoms with Crippen LogP contribution in [-0.4, -0.2) is 15.5 Å². The number of carbonyl (C=O) groups excluding carboxylic acids is 1. The van der Waals surface area contributed by atoms with Crippen LogP contribution in [0.1, 0.15) is 16.1 Å². The molecule has 1 amide bonds. The molecule has 14 heavy (non-hydrogen) atoms. The molecule has 2 rings (SSSR count). The highest BCUT2D eigenvalue weighted by Gasteiger charge is 2.06. The Hall–Kier alpha value is -1.84. The van der Waals surface area contributed by atoms with Crippen LogP contribution in [-0.2, 0) is 7.05 Å². The molecular formula is C10H11N3O. The van der Waals surface area contributed by atoms with Gasteiger partial charge in [-0.05, 0) is 19.1 Å². The quantitative estimate of drug-likeness (QED) is 0.726. The zero-order valence-corrected chi connectivity index (χ0v) is 8.11. The molecule has 2 heterocycles. The van der Waals surface area contributed by atoms with Crippen molar-refractivity contribution in [1.82, 2.24) is 9.55 Å². The van der Waals surface area contributed by atoms with E-state index in [1.54, 1.807) is 6.07 Å². The first kappa shape index (κ1) is 8.74. The minimum absolute atomic E-state index is 0.443. The number of amides is 1. The van der Waals surface area contributed by atoms with Gasteiger partial charge >= 0.3 is 0 Å². The standard InChI is InChI=1S/C10H11N3O/c1-6-3-8-9(13(6)2)4-7(5-12-8)10(11)14/h3-5H,1-2H3,(H2,11,14). The van der Waals surface area contributed by atoms with Gasteiger partial charge in [-0.2, -0.15) is 0 Å². The van der Waals surface area contributed by atoms with E-state index in [9.17, 15) is 4.79 Å². The molecule has 0 atom stereocenters. The second kappa shape index (κ2) is 2.83. The monoisotopic (exact) mass is 189 g/mol. The fourth-order valence-electron chi connectivity index (χ4n) is 1.46. The van der Waals surface area contributed by atoms with Gasteiger partial charge in [-0.15, -0.1) is 0 Å². The molecule has 0 spiro atoms. The first-order valence-electron chi connectivity index (χ1n) is 4.31. The molecule has 0 unspecified atom stereocenters. The molecule has 0 aliphatic carbocycles. The average Bonchev–Trinajstić information content (AvgIpc) is 2.43. The van der Waals surface area contributed by atoms with Crippen molar-refractivity contribution in [2.45, 2.75) is 6.92 Å². The Kier molecular flexibility index (Phi) is 1.77. The SMILES string of the molecule is Cc1cc2ncc(C(N)=O)cc2n1C. The van der Waals surface area contributed by atoms with E-state index in [-0.39, 0.29) is 0 Å². The fourth-order valence-corrected chi connectivity index (χ4v) is 1.46. The summed E-state index contributed by atoms with van der Waals surface area (Å²) in [6, 6.07) is 3.73. The second-order valence-corrected chi connectivity index (χ2v) is 3.34. The van der Waals surface area contributed by atoms with Gasteiger partial charge in [-0.3, -0.25) is 9.78 Å². The highest BCUT2D eigenvalue weighted by Crippen LogP contribution is 2.16. The van der Waals surface area contributed by atoms with Crippen LogP contribution >= 0.6 is 0 Å². The van der Waals surface area contributed by atoms with Crippen molar-refractivity contribution in [3.05, 3.63) is 29.6 Å². The molecule has 2 aromatic rings. The van der Waals surface area contributed by atoms with Crippen LogP contribution in [0, 0.1) is 6.92 Å². The summed E-state index contributed by atoms with van der Waals surface area (Å²) in [5.74, 6) is -0.446. The maximum Gasteiger partial charge on any atom is 0.250 e. The zero-order chi connectivity index (χ0) is 10.3. The highest BCUT2D eigenvalue weighted by atomic mass is 16.1. The Morgan fingerprint density at radius 1 is 1.50 bits per heavy atom. The molecule has 0 aliphatic heterocycles. The number of primary amides is 1. The van der Waals surface area contributed by atoms with Crippen LogP contribution in [0.2, 0.25) is 0 Å². The number of hydrogen-bond acceptors (Lipinski definition) is 2. The van der Waals surface area contributed by atoms with Crippen LogP contribution in [0.3, 0.4) is 0 Å². The Labute approximate surface area is 81.3 Å². The highest BCUT2D eigenvalue weighted by molar-refractivity contribution is 5.95. The zero-order valence-electron chi connectivity index (χ0n) is 8.11. The minimum atomic E-state index is -0.446. The lowest BCUT2D eigenvalue weighted by Crippen LogP contribution is -2.11. The molecule has 0 bridgehead atoms. The van der Waals surface area contributed by atoms with E-state index in [0.29, 0.717) is 5.56 Å². The normalized spacial score (nSPS) is 10.7. The van der Waals surface area contributed by atoms with Crippen molar-refractivity contribution in [2.75, 3.05) is 0 Å². The van der Waals surface area contributed by atoms with E-state index < -0.39 is 5.91 Å². The van der Waals surface area contributed by atoms with E-state index in [2.05, 4.69) is 4.98 Å². The smallest absolute Gasteiger partial charge is 0.250 e. The van der Waals surface area contributed by atoms with Crippen molar-refractivity contribution < 1.29 is 4.79 Å². The van der Waals surface area contributed by atoms with Gasteiger partial charge in [0.2, 0.25) is 5.91 Å². The number of aryl methyl sites for hydroxylation is 2. The van der Waals surface area contributed by atoms with Crippen LogP contribution in [0.25, 0.3) is 11.0 Å². The molecule has 2 N–H and O–H groups in total. The van der Waals surface area contributed by atoms with Gasteiger partial charge < -0.3 is 10.3 Å². The lowest BCUT2D eigenvalue weighted by atomic mass is 10.2. The summed E-state index contributed by atoms with van der Waals surface area (Å²) >= 11 is 0. The topological polar surface area (TPSA) is 60.9 Å². The molecule has 0 radical (unpaired) electrons. The number of hydrogen-bond donors (Lipinski definition) is 1. The van der Waals surface area contributed by atoms with E-state index in [4.69, 9.17) is 5.73 Å². The number of aromatic nitrogens is 2. The molecule has 72 valence electrons. The van der Waals surface area contributed by atoms with E-state index in [1.165, 1.54) is 6.20 Å². The number of pyridine rings is 1. The largest absolute Gasteiger partial charge is 0.366 e. The van der Waals surface area contributed by atoms with Gasteiger partial charge in [-0.1, -0.05) is 0 Å². The van der Waals surface area contributed by atoms with Crippen molar-refractivity contribution in [1.29, 1.82) is 0 Å². The third kappa shape index (κ3) is 1.16. The number of rotatable bonds is 1. The Morgan fingerprint density at radius 3 is 2.86 bits per heavy atom. The van der Waals surface area contributed by atoms with Gasteiger partial charge in [0.25, 0.3) is 0 Å². The van der Waals surface area contributed by atoms with Gasteiger partial charge in [-0.25, -0.2) is 0 Å². The van der Waals surface area contributed by atoms with Crippen LogP contribution in [0.5, 0.6) is 0 Å². The van der Waals surface area contributed by atoms with Gasteiger partial charge in [0.1, 0.15) is 0 Å². The summed E-state index contributed by atoms with van der Waals surface area (Å²) < 4.78 is 1.98. The fraction of sp³-hybridized carbons (Fsp3) is 0.200. The number of fused-ring (bicyclic) bond motifs is 1. The molecule has 0 fully saturated rings. The molecule has 0 aromatic carbocycles. The first-order valence-corrected chi connectivity index (χ1v) is 4.31. The minimum Gasteiger partial charge on any atom is -0.366 e. The van der Waals surface area contributed by atoms with E-state index >= 15 is 0 Å². The Balaban J connectivity index is 2.76. The van der Waals surface area contributed by atoms with Crippen LogP contribution < -0.4 is 5.73 Å². The number of carbonyl (C=O) groups is 1. The molecule has 0 saturated heterocycles. The van der Waals surface area contributed by atoms with E-state index in [1.807, 2.05) is 24.6 Å². The molecule has 0 saturated carbocycles. The lowest BCUT2D eigenvalue weighted by Gasteiger charge is -1.99. The third-order valence-electron chi connectivity index (χ3n) is 2.42. The van der Waals surface area contributed by atoms with Gasteiger partial charge in [0, 0.05) is 18.9 Å². The van der Waals surface area contributed by atoms with Crippen molar-refractivity contribution >= 4 is 16.9 Å². The molecule has 4 heteroatoms. The van der Waals surface area contributed by atoms with E-state index in [0.717, 1.165) is 16.7 Å². The molecule has 0 aliphatic rings. The lowest BCUT2D eigenvalue weighted by molar-refractivity contribution is 0.1000. The maximum atomic E-state index is 10.9. The predicted octanol–water partition coefficient (Wildman–Crippen LogP) is 0.981. The predicted molar refractivity (Wildman–Crippen MR) is 54.0 cm³/mol. The van der Waals surface area contributed by atoms with Crippen molar-refractivity contribution in [3.8, 4) is 0 Å². The summed E-state index contributed by atoms with van der Waals surface area (Å²) in [6.45, 7) is 1.99. The molecule has 2 aromatic heterocycles. The maximum absolute atomic E-state index is 10.9. The average molecular weight is 189 g/mol. The summed E-state index contributed by atoms with van der Waals surface area (Å²) in [6.07, 6.45) is 1.50. The Bertz CT molecular complexity index is 513. The number of nitrogens with two attached hydrogens (primary N) is 1. The van der Waals surface area contributed by atoms with Crippen LogP contribution in [0.15, 0.2) is 18.3 Å². The van der Waals surface area contributed by atoms with Gasteiger partial charge in [0.05, 0.1) is 16.6 Å². The summed E-state index contributed by atoms with van der Waals surface area (Å²) in [4.78, 5) is 15.1. The van der Waals surface area contributed by atoms with Gasteiger partial charge in [0.15, 0.2) is 0 Å². The molecule has 4 nitrogen and oxygen atoms in total. The first-order chi connectivity index (χ1) is 6.59. The van der Waals surface area contributed by atoms with Crippen molar-refractivity contribution in [3.63, 3.8) is 0 Å². The van der Waals surface area contributed by atoms with Crippen LogP contribution in [0.4, 0.5) is 0 Å². The third-order valence-corrected chi connectivity index (χ3v) is 2.42. The molecular weight excluding hydrogens is 178 g/mol. The Morgan fingerprint density at radius 2 is 2.21 bits per heavy atom. The second-order valence-electron chi connectivity index (χ2n) is 3.34.